The average Bonchev–Trinajstić information content (AvgIpc) is 2.67. The van der Waals surface area contributed by atoms with E-state index in [4.69, 9.17) is 4.74 Å². The van der Waals surface area contributed by atoms with E-state index in [0.29, 0.717) is 5.69 Å². The Hall–Kier alpha value is -2.67. The number of benzene rings is 2. The molecule has 2 atom stereocenters. The number of sulfone groups is 1. The highest BCUT2D eigenvalue weighted by Crippen LogP contribution is 2.26. The van der Waals surface area contributed by atoms with Crippen molar-refractivity contribution < 1.29 is 22.7 Å². The lowest BCUT2D eigenvalue weighted by Gasteiger charge is -2.18. The number of anilines is 1. The monoisotopic (exact) mass is 403 g/mol. The largest absolute Gasteiger partial charge is 0.449 e. The van der Waals surface area contributed by atoms with Crippen LogP contribution in [0, 0.1) is 0 Å². The van der Waals surface area contributed by atoms with Gasteiger partial charge in [0.2, 0.25) is 0 Å². The molecule has 0 aliphatic rings. The molecule has 2 aromatic rings. The lowest BCUT2D eigenvalue weighted by Crippen LogP contribution is -2.30. The molecule has 0 aromatic heterocycles. The second-order valence-corrected chi connectivity index (χ2v) is 8.75. The first-order valence-electron chi connectivity index (χ1n) is 9.04. The molecule has 150 valence electrons. The fourth-order valence-electron chi connectivity index (χ4n) is 2.62. The van der Waals surface area contributed by atoms with Crippen LogP contribution in [-0.4, -0.2) is 32.7 Å². The van der Waals surface area contributed by atoms with Gasteiger partial charge in [-0.2, -0.15) is 0 Å². The van der Waals surface area contributed by atoms with Crippen molar-refractivity contribution in [3.05, 3.63) is 59.7 Å². The van der Waals surface area contributed by atoms with Crippen molar-refractivity contribution in [2.75, 3.05) is 11.6 Å². The van der Waals surface area contributed by atoms with Crippen LogP contribution in [0.1, 0.15) is 49.0 Å². The van der Waals surface area contributed by atoms with Gasteiger partial charge in [-0.3, -0.25) is 4.79 Å². The Morgan fingerprint density at radius 1 is 1.04 bits per heavy atom. The number of rotatable bonds is 7. The van der Waals surface area contributed by atoms with E-state index < -0.39 is 27.8 Å². The molecule has 0 fully saturated rings. The van der Waals surface area contributed by atoms with Crippen LogP contribution in [0.3, 0.4) is 0 Å². The van der Waals surface area contributed by atoms with E-state index in [1.54, 1.807) is 0 Å². The average molecular weight is 404 g/mol. The molecule has 1 amide bonds. The maximum Gasteiger partial charge on any atom is 0.338 e. The van der Waals surface area contributed by atoms with E-state index >= 15 is 0 Å². The van der Waals surface area contributed by atoms with E-state index in [1.165, 1.54) is 31.2 Å². The van der Waals surface area contributed by atoms with Gasteiger partial charge >= 0.3 is 5.97 Å². The highest BCUT2D eigenvalue weighted by molar-refractivity contribution is 7.90. The predicted molar refractivity (Wildman–Crippen MR) is 108 cm³/mol. The number of hydrogen-bond donors (Lipinski definition) is 1. The normalized spacial score (nSPS) is 13.4. The first kappa shape index (κ1) is 21.6. The van der Waals surface area contributed by atoms with Crippen molar-refractivity contribution in [3.8, 4) is 0 Å². The molecule has 28 heavy (non-hydrogen) atoms. The van der Waals surface area contributed by atoms with Gasteiger partial charge in [0.25, 0.3) is 5.91 Å². The molecule has 0 aliphatic carbocycles. The fourth-order valence-corrected chi connectivity index (χ4v) is 3.25. The van der Waals surface area contributed by atoms with Gasteiger partial charge in [-0.15, -0.1) is 0 Å². The summed E-state index contributed by atoms with van der Waals surface area (Å²) in [4.78, 5) is 24.8. The van der Waals surface area contributed by atoms with Crippen molar-refractivity contribution in [3.63, 3.8) is 0 Å². The lowest BCUT2D eigenvalue weighted by atomic mass is 9.97. The Morgan fingerprint density at radius 2 is 1.64 bits per heavy atom. The fraction of sp³-hybridized carbons (Fsp3) is 0.333. The van der Waals surface area contributed by atoms with E-state index in [9.17, 15) is 18.0 Å². The first-order valence-corrected chi connectivity index (χ1v) is 10.9. The molecular formula is C21H25NO5S. The number of amides is 1. The zero-order chi connectivity index (χ0) is 20.9. The number of ether oxygens (including phenoxy) is 1. The molecule has 0 saturated carbocycles. The third-order valence-electron chi connectivity index (χ3n) is 4.53. The summed E-state index contributed by atoms with van der Waals surface area (Å²) in [6, 6.07) is 12.9. The Morgan fingerprint density at radius 3 is 2.21 bits per heavy atom. The highest BCUT2D eigenvalue weighted by atomic mass is 32.2. The van der Waals surface area contributed by atoms with Crippen LogP contribution in [0.15, 0.2) is 53.4 Å². The molecule has 2 aromatic carbocycles. The number of hydrogen-bond acceptors (Lipinski definition) is 5. The van der Waals surface area contributed by atoms with Crippen LogP contribution in [0.5, 0.6) is 0 Å². The minimum atomic E-state index is -3.35. The predicted octanol–water partition coefficient (Wildman–Crippen LogP) is 3.79. The van der Waals surface area contributed by atoms with E-state index in [1.807, 2.05) is 24.3 Å². The van der Waals surface area contributed by atoms with Gasteiger partial charge in [0.05, 0.1) is 10.5 Å². The summed E-state index contributed by atoms with van der Waals surface area (Å²) in [5.41, 5.74) is 1.89. The van der Waals surface area contributed by atoms with Crippen LogP contribution >= 0.6 is 0 Å². The minimum Gasteiger partial charge on any atom is -0.449 e. The van der Waals surface area contributed by atoms with Crippen molar-refractivity contribution in [2.45, 2.75) is 44.1 Å². The van der Waals surface area contributed by atoms with Gasteiger partial charge in [0.1, 0.15) is 0 Å². The Labute approximate surface area is 165 Å². The summed E-state index contributed by atoms with van der Waals surface area (Å²) in [7, 11) is -3.35. The Kier molecular flexibility index (Phi) is 6.96. The summed E-state index contributed by atoms with van der Waals surface area (Å²) in [6.07, 6.45) is 1.01. The number of para-hydroxylation sites is 1. The molecule has 0 radical (unpaired) electrons. The standard InChI is InChI=1S/C21H25NO5S/c1-5-14(2)18-8-6-7-9-19(18)22-20(23)15(3)27-21(24)16-10-12-17(13-11-16)28(4,25)26/h6-15H,5H2,1-4H3,(H,22,23)/t14-,15-/m0/s1. The molecule has 0 spiro atoms. The quantitative estimate of drug-likeness (QED) is 0.711. The molecular weight excluding hydrogens is 378 g/mol. The lowest BCUT2D eigenvalue weighted by molar-refractivity contribution is -0.123. The van der Waals surface area contributed by atoms with Gasteiger partial charge in [-0.1, -0.05) is 32.0 Å². The second-order valence-electron chi connectivity index (χ2n) is 6.73. The van der Waals surface area contributed by atoms with Gasteiger partial charge in [-0.05, 0) is 55.2 Å². The summed E-state index contributed by atoms with van der Waals surface area (Å²) >= 11 is 0. The molecule has 6 nitrogen and oxygen atoms in total. The topological polar surface area (TPSA) is 89.5 Å². The molecule has 0 bridgehead atoms. The first-order chi connectivity index (χ1) is 13.1. The molecule has 7 heteroatoms. The summed E-state index contributed by atoms with van der Waals surface area (Å²) < 4.78 is 28.2. The zero-order valence-corrected chi connectivity index (χ0v) is 17.2. The Balaban J connectivity index is 2.05. The molecule has 0 heterocycles. The number of carbonyl (C=O) groups is 2. The third kappa shape index (κ3) is 5.42. The molecule has 2 rings (SSSR count). The molecule has 1 N–H and O–H groups in total. The van der Waals surface area contributed by atoms with Crippen LogP contribution in [0.25, 0.3) is 0 Å². The van der Waals surface area contributed by atoms with Gasteiger partial charge in [0, 0.05) is 11.9 Å². The molecule has 0 unspecified atom stereocenters. The van der Waals surface area contributed by atoms with Crippen molar-refractivity contribution >= 4 is 27.4 Å². The van der Waals surface area contributed by atoms with Gasteiger partial charge in [0.15, 0.2) is 15.9 Å². The van der Waals surface area contributed by atoms with Crippen LogP contribution in [0.4, 0.5) is 5.69 Å². The van der Waals surface area contributed by atoms with Crippen molar-refractivity contribution in [1.82, 2.24) is 0 Å². The molecule has 0 saturated heterocycles. The van der Waals surface area contributed by atoms with E-state index in [2.05, 4.69) is 19.2 Å². The van der Waals surface area contributed by atoms with Crippen LogP contribution in [-0.2, 0) is 19.4 Å². The van der Waals surface area contributed by atoms with E-state index in [-0.39, 0.29) is 16.4 Å². The zero-order valence-electron chi connectivity index (χ0n) is 16.4. The number of carbonyl (C=O) groups excluding carboxylic acids is 2. The van der Waals surface area contributed by atoms with E-state index in [0.717, 1.165) is 18.2 Å². The summed E-state index contributed by atoms with van der Waals surface area (Å²) in [5, 5.41) is 2.82. The second kappa shape index (κ2) is 9.01. The minimum absolute atomic E-state index is 0.108. The smallest absolute Gasteiger partial charge is 0.338 e. The third-order valence-corrected chi connectivity index (χ3v) is 5.66. The SMILES string of the molecule is CC[C@H](C)c1ccccc1NC(=O)[C@H](C)OC(=O)c1ccc(S(C)(=O)=O)cc1. The highest BCUT2D eigenvalue weighted by Gasteiger charge is 2.21. The number of esters is 1. The maximum absolute atomic E-state index is 12.5. The van der Waals surface area contributed by atoms with Gasteiger partial charge < -0.3 is 10.1 Å². The van der Waals surface area contributed by atoms with Crippen LogP contribution < -0.4 is 5.32 Å². The number of nitrogens with one attached hydrogen (secondary N) is 1. The maximum atomic E-state index is 12.5. The van der Waals surface area contributed by atoms with Gasteiger partial charge in [-0.25, -0.2) is 13.2 Å². The van der Waals surface area contributed by atoms with Crippen molar-refractivity contribution in [2.24, 2.45) is 0 Å². The Bertz CT molecular complexity index is 951. The van der Waals surface area contributed by atoms with Crippen LogP contribution in [0.2, 0.25) is 0 Å². The molecule has 0 aliphatic heterocycles. The summed E-state index contributed by atoms with van der Waals surface area (Å²) in [6.45, 7) is 5.64. The summed E-state index contributed by atoms with van der Waals surface area (Å²) in [5.74, 6) is -0.850. The van der Waals surface area contributed by atoms with Crippen molar-refractivity contribution in [1.29, 1.82) is 0 Å².